The van der Waals surface area contributed by atoms with E-state index in [1.807, 2.05) is 54.6 Å². The van der Waals surface area contributed by atoms with Crippen LogP contribution in [0.3, 0.4) is 0 Å². The van der Waals surface area contributed by atoms with Gasteiger partial charge in [0, 0.05) is 29.2 Å². The Hall–Kier alpha value is -3.40. The van der Waals surface area contributed by atoms with Crippen LogP contribution in [0.15, 0.2) is 72.8 Å². The van der Waals surface area contributed by atoms with Crippen molar-refractivity contribution in [2.75, 3.05) is 26.3 Å². The summed E-state index contributed by atoms with van der Waals surface area (Å²) in [4.78, 5) is 11.7. The molecular weight excluding hydrogens is 527 g/mol. The minimum Gasteiger partial charge on any atom is -0.489 e. The molecule has 1 aliphatic rings. The normalized spacial score (nSPS) is 13.5. The molecule has 1 aromatic heterocycles. The Morgan fingerprint density at radius 3 is 2.32 bits per heavy atom. The number of hydrogen-bond acceptors (Lipinski definition) is 6. The molecule has 38 heavy (non-hydrogen) atoms. The molecule has 3 aromatic carbocycles. The van der Waals surface area contributed by atoms with Crippen LogP contribution >= 0.6 is 23.2 Å². The number of aromatic carboxylic acids is 1. The number of halogens is 2. The molecule has 4 aromatic rings. The summed E-state index contributed by atoms with van der Waals surface area (Å²) in [6.45, 7) is 5.51. The molecule has 0 unspecified atom stereocenters. The van der Waals surface area contributed by atoms with Crippen molar-refractivity contribution in [3.63, 3.8) is 0 Å². The Bertz CT molecular complexity index is 1370. The maximum absolute atomic E-state index is 11.7. The van der Waals surface area contributed by atoms with Crippen LogP contribution in [-0.2, 0) is 11.3 Å². The third kappa shape index (κ3) is 6.92. The van der Waals surface area contributed by atoms with Gasteiger partial charge in [-0.25, -0.2) is 14.5 Å². The zero-order chi connectivity index (χ0) is 27.1. The number of carbonyl (C=O) groups is 1. The average Bonchev–Trinajstić information content (AvgIpc) is 3.26. The Kier molecular flexibility index (Phi) is 9.38. The Balaban J connectivity index is 0.000000417. The molecule has 3 N–H and O–H groups in total. The quantitative estimate of drug-likeness (QED) is 0.298. The van der Waals surface area contributed by atoms with Gasteiger partial charge in [0.15, 0.2) is 5.69 Å². The van der Waals surface area contributed by atoms with E-state index in [0.29, 0.717) is 39.3 Å². The van der Waals surface area contributed by atoms with Crippen LogP contribution in [0.4, 0.5) is 0 Å². The first kappa shape index (κ1) is 27.6. The predicted molar refractivity (Wildman–Crippen MR) is 148 cm³/mol. The Labute approximate surface area is 231 Å². The number of ether oxygens (including phenoxy) is 2. The molecule has 5 rings (SSSR count). The van der Waals surface area contributed by atoms with Gasteiger partial charge in [0.2, 0.25) is 0 Å². The fourth-order valence-corrected chi connectivity index (χ4v) is 4.38. The van der Waals surface area contributed by atoms with Crippen molar-refractivity contribution in [2.45, 2.75) is 13.5 Å². The van der Waals surface area contributed by atoms with E-state index in [1.165, 1.54) is 4.68 Å². The summed E-state index contributed by atoms with van der Waals surface area (Å²) in [5.74, 6) is 4.99. The van der Waals surface area contributed by atoms with Gasteiger partial charge in [0.25, 0.3) is 0 Å². The summed E-state index contributed by atoms with van der Waals surface area (Å²) >= 11 is 12.4. The molecule has 0 saturated carbocycles. The molecule has 10 heteroatoms. The lowest BCUT2D eigenvalue weighted by molar-refractivity contribution is 0.0378. The van der Waals surface area contributed by atoms with E-state index < -0.39 is 5.97 Å². The molecule has 0 spiro atoms. The highest BCUT2D eigenvalue weighted by atomic mass is 35.5. The predicted octanol–water partition coefficient (Wildman–Crippen LogP) is 5.62. The van der Waals surface area contributed by atoms with Crippen molar-refractivity contribution in [3.05, 3.63) is 99.7 Å². The van der Waals surface area contributed by atoms with Crippen molar-refractivity contribution >= 4 is 29.2 Å². The van der Waals surface area contributed by atoms with Gasteiger partial charge in [-0.15, -0.1) is 0 Å². The van der Waals surface area contributed by atoms with Crippen LogP contribution in [0, 0.1) is 6.92 Å². The SMILES string of the molecule is Cc1c(C(=O)O)nn(-c2ccc(Cl)cc2Cl)c1-c1ccc(OCc2ccccc2)cc1.NN1CCOCC1. The van der Waals surface area contributed by atoms with Crippen molar-refractivity contribution in [1.82, 2.24) is 14.8 Å². The molecule has 0 atom stereocenters. The molecule has 0 radical (unpaired) electrons. The van der Waals surface area contributed by atoms with E-state index in [1.54, 1.807) is 30.1 Å². The highest BCUT2D eigenvalue weighted by molar-refractivity contribution is 6.35. The van der Waals surface area contributed by atoms with E-state index in [2.05, 4.69) is 5.10 Å². The van der Waals surface area contributed by atoms with Crippen LogP contribution in [0.25, 0.3) is 16.9 Å². The summed E-state index contributed by atoms with van der Waals surface area (Å²) < 4.78 is 12.4. The first-order valence-electron chi connectivity index (χ1n) is 12.0. The molecule has 1 fully saturated rings. The number of hydrogen-bond donors (Lipinski definition) is 2. The number of carboxylic acid groups (broad SMARTS) is 1. The van der Waals surface area contributed by atoms with Gasteiger partial charge >= 0.3 is 5.97 Å². The minimum absolute atomic E-state index is 0.0366. The molecule has 2 heterocycles. The van der Waals surface area contributed by atoms with Gasteiger partial charge < -0.3 is 14.6 Å². The molecule has 0 bridgehead atoms. The van der Waals surface area contributed by atoms with Gasteiger partial charge in [-0.1, -0.05) is 53.5 Å². The van der Waals surface area contributed by atoms with Crippen molar-refractivity contribution in [3.8, 4) is 22.7 Å². The number of benzene rings is 3. The first-order valence-corrected chi connectivity index (χ1v) is 12.7. The number of nitrogens with two attached hydrogens (primary N) is 1. The third-order valence-electron chi connectivity index (χ3n) is 5.88. The van der Waals surface area contributed by atoms with Gasteiger partial charge in [0.05, 0.1) is 29.6 Å². The molecule has 0 amide bonds. The number of hydrazine groups is 1. The number of carboxylic acids is 1. The maximum Gasteiger partial charge on any atom is 0.356 e. The van der Waals surface area contributed by atoms with E-state index >= 15 is 0 Å². The fraction of sp³-hybridized carbons (Fsp3) is 0.214. The lowest BCUT2D eigenvalue weighted by atomic mass is 10.1. The number of nitrogens with zero attached hydrogens (tertiary/aromatic N) is 3. The molecule has 0 aliphatic carbocycles. The largest absolute Gasteiger partial charge is 0.489 e. The van der Waals surface area contributed by atoms with E-state index in [4.69, 9.17) is 38.5 Å². The fourth-order valence-electron chi connectivity index (χ4n) is 3.89. The summed E-state index contributed by atoms with van der Waals surface area (Å²) in [7, 11) is 0. The highest BCUT2D eigenvalue weighted by Gasteiger charge is 2.22. The highest BCUT2D eigenvalue weighted by Crippen LogP contribution is 2.33. The van der Waals surface area contributed by atoms with E-state index in [0.717, 1.165) is 37.4 Å². The third-order valence-corrected chi connectivity index (χ3v) is 6.42. The van der Waals surface area contributed by atoms with Crippen LogP contribution in [0.5, 0.6) is 5.75 Å². The summed E-state index contributed by atoms with van der Waals surface area (Å²) in [6, 6.07) is 22.3. The van der Waals surface area contributed by atoms with Crippen molar-refractivity contribution in [2.24, 2.45) is 5.84 Å². The molecule has 1 saturated heterocycles. The first-order chi connectivity index (χ1) is 18.3. The van der Waals surface area contributed by atoms with Gasteiger partial charge in [-0.05, 0) is 55.0 Å². The topological polar surface area (TPSA) is 103 Å². The van der Waals surface area contributed by atoms with Crippen molar-refractivity contribution in [1.29, 1.82) is 0 Å². The summed E-state index contributed by atoms with van der Waals surface area (Å²) in [5.41, 5.74) is 3.54. The van der Waals surface area contributed by atoms with Crippen molar-refractivity contribution < 1.29 is 19.4 Å². The number of rotatable bonds is 6. The smallest absolute Gasteiger partial charge is 0.356 e. The Morgan fingerprint density at radius 2 is 1.74 bits per heavy atom. The van der Waals surface area contributed by atoms with Crippen LogP contribution < -0.4 is 10.6 Å². The number of morpholine rings is 1. The second kappa shape index (κ2) is 12.9. The van der Waals surface area contributed by atoms with Crippen LogP contribution in [0.1, 0.15) is 21.6 Å². The Morgan fingerprint density at radius 1 is 1.05 bits per heavy atom. The second-order valence-electron chi connectivity index (χ2n) is 8.58. The molecule has 1 aliphatic heterocycles. The van der Waals surface area contributed by atoms with E-state index in [9.17, 15) is 9.90 Å². The van der Waals surface area contributed by atoms with Crippen LogP contribution in [0.2, 0.25) is 10.0 Å². The monoisotopic (exact) mass is 554 g/mol. The number of aromatic nitrogens is 2. The second-order valence-corrected chi connectivity index (χ2v) is 9.43. The summed E-state index contributed by atoms with van der Waals surface area (Å²) in [6.07, 6.45) is 0. The average molecular weight is 555 g/mol. The lowest BCUT2D eigenvalue weighted by Gasteiger charge is -2.20. The summed E-state index contributed by atoms with van der Waals surface area (Å²) in [5, 5.41) is 16.5. The molecule has 198 valence electrons. The van der Waals surface area contributed by atoms with Crippen LogP contribution in [-0.4, -0.2) is 52.2 Å². The van der Waals surface area contributed by atoms with Gasteiger partial charge in [0.1, 0.15) is 12.4 Å². The van der Waals surface area contributed by atoms with E-state index in [-0.39, 0.29) is 5.69 Å². The lowest BCUT2D eigenvalue weighted by Crippen LogP contribution is -2.41. The molecule has 8 nitrogen and oxygen atoms in total. The zero-order valence-corrected chi connectivity index (χ0v) is 22.3. The maximum atomic E-state index is 11.7. The minimum atomic E-state index is -1.11. The molecular formula is C28H28Cl2N4O4. The van der Waals surface area contributed by atoms with Gasteiger partial charge in [-0.2, -0.15) is 5.10 Å². The zero-order valence-electron chi connectivity index (χ0n) is 20.8. The van der Waals surface area contributed by atoms with Gasteiger partial charge in [-0.3, -0.25) is 5.84 Å². The standard InChI is InChI=1S/C24H18Cl2N2O3.C4H10N2O/c1-15-22(24(29)30)27-28(21-12-9-18(25)13-20(21)26)23(15)17-7-10-19(11-8-17)31-14-16-5-3-2-4-6-16;5-6-1-3-7-4-2-6/h2-13H,14H2,1H3,(H,29,30);1-5H2.